The van der Waals surface area contributed by atoms with Crippen molar-refractivity contribution in [1.82, 2.24) is 0 Å². The molecule has 0 aromatic heterocycles. The first-order valence-electron chi connectivity index (χ1n) is 12.0. The second-order valence-electron chi connectivity index (χ2n) is 11.3. The van der Waals surface area contributed by atoms with Gasteiger partial charge in [0.2, 0.25) is 0 Å². The molecule has 1 N–H and O–H groups in total. The highest BCUT2D eigenvalue weighted by Crippen LogP contribution is 2.68. The summed E-state index contributed by atoms with van der Waals surface area (Å²) in [6.07, 6.45) is 9.29. The van der Waals surface area contributed by atoms with E-state index in [0.29, 0.717) is 47.7 Å². The molecule has 4 aliphatic carbocycles. The van der Waals surface area contributed by atoms with Crippen LogP contribution in [-0.4, -0.2) is 30.1 Å². The molecular formula is C25H40O4. The quantitative estimate of drug-likeness (QED) is 0.685. The van der Waals surface area contributed by atoms with E-state index in [1.165, 1.54) is 32.8 Å². The topological polar surface area (TPSA) is 63.6 Å². The van der Waals surface area contributed by atoms with Gasteiger partial charge in [-0.2, -0.15) is 0 Å². The zero-order valence-electron chi connectivity index (χ0n) is 18.8. The molecule has 4 nitrogen and oxygen atoms in total. The fourth-order valence-electron chi connectivity index (χ4n) is 8.62. The summed E-state index contributed by atoms with van der Waals surface area (Å²) in [5, 5.41) is 11.5. The molecule has 0 spiro atoms. The molecule has 29 heavy (non-hydrogen) atoms. The van der Waals surface area contributed by atoms with Crippen LogP contribution in [0.2, 0.25) is 0 Å². The Bertz CT molecular complexity index is 659. The molecule has 4 heteroatoms. The van der Waals surface area contributed by atoms with Crippen molar-refractivity contribution in [2.24, 2.45) is 46.3 Å². The molecule has 0 aromatic carbocycles. The lowest BCUT2D eigenvalue weighted by atomic mass is 9.44. The van der Waals surface area contributed by atoms with E-state index in [1.807, 2.05) is 0 Å². The Kier molecular flexibility index (Phi) is 5.63. The first kappa shape index (κ1) is 21.3. The summed E-state index contributed by atoms with van der Waals surface area (Å²) in [6, 6.07) is 0. The number of ketones is 1. The number of aliphatic hydroxyl groups is 1. The number of carbonyl (C=O) groups is 2. The third-order valence-electron chi connectivity index (χ3n) is 10.4. The Hall–Kier alpha value is -0.900. The van der Waals surface area contributed by atoms with Crippen LogP contribution in [0, 0.1) is 46.3 Å². The lowest BCUT2D eigenvalue weighted by Crippen LogP contribution is -2.58. The van der Waals surface area contributed by atoms with Gasteiger partial charge in [-0.1, -0.05) is 20.8 Å². The number of Topliss-reactive ketones (excluding diaryl/α,β-unsaturated/α-hetero) is 1. The molecule has 0 amide bonds. The zero-order chi connectivity index (χ0) is 21.0. The summed E-state index contributed by atoms with van der Waals surface area (Å²) >= 11 is 0. The predicted octanol–water partition coefficient (Wildman–Crippen LogP) is 4.77. The molecule has 4 aliphatic rings. The molecule has 0 radical (unpaired) electrons. The van der Waals surface area contributed by atoms with E-state index in [2.05, 4.69) is 20.8 Å². The predicted molar refractivity (Wildman–Crippen MR) is 112 cm³/mol. The standard InChI is InChI=1S/C25H40O4/c1-15(5-10-23(28)29-4)19-8-9-20-18-7-6-16-13-17(26)11-12-24(16,2)21(18)14-22(27)25(19,20)3/h15-16,18-22,27H,5-14H2,1-4H3/t15-,16+,18-,19-,20-,21-,22-,24-,25-/m0/s1. The van der Waals surface area contributed by atoms with E-state index in [0.717, 1.165) is 32.1 Å². The van der Waals surface area contributed by atoms with Crippen molar-refractivity contribution in [3.8, 4) is 0 Å². The van der Waals surface area contributed by atoms with Gasteiger partial charge in [-0.15, -0.1) is 0 Å². The van der Waals surface area contributed by atoms with E-state index < -0.39 is 0 Å². The van der Waals surface area contributed by atoms with E-state index in [-0.39, 0.29) is 22.9 Å². The van der Waals surface area contributed by atoms with E-state index in [9.17, 15) is 14.7 Å². The summed E-state index contributed by atoms with van der Waals surface area (Å²) in [5.74, 6) is 3.59. The Balaban J connectivity index is 1.54. The van der Waals surface area contributed by atoms with Crippen LogP contribution in [0.15, 0.2) is 0 Å². The highest BCUT2D eigenvalue weighted by molar-refractivity contribution is 5.79. The average molecular weight is 405 g/mol. The monoisotopic (exact) mass is 404 g/mol. The summed E-state index contributed by atoms with van der Waals surface area (Å²) in [4.78, 5) is 23.7. The molecular weight excluding hydrogens is 364 g/mol. The van der Waals surface area contributed by atoms with Gasteiger partial charge in [0.05, 0.1) is 13.2 Å². The van der Waals surface area contributed by atoms with Crippen LogP contribution in [-0.2, 0) is 14.3 Å². The van der Waals surface area contributed by atoms with E-state index in [4.69, 9.17) is 4.74 Å². The summed E-state index contributed by atoms with van der Waals surface area (Å²) in [5.41, 5.74) is 0.193. The maximum absolute atomic E-state index is 12.1. The molecule has 9 atom stereocenters. The fourth-order valence-corrected chi connectivity index (χ4v) is 8.62. The number of methoxy groups -OCH3 is 1. The van der Waals surface area contributed by atoms with Gasteiger partial charge in [0.15, 0.2) is 0 Å². The number of fused-ring (bicyclic) bond motifs is 5. The van der Waals surface area contributed by atoms with Crippen molar-refractivity contribution in [1.29, 1.82) is 0 Å². The van der Waals surface area contributed by atoms with Crippen LogP contribution in [0.3, 0.4) is 0 Å². The van der Waals surface area contributed by atoms with Crippen molar-refractivity contribution in [2.45, 2.75) is 91.1 Å². The van der Waals surface area contributed by atoms with Gasteiger partial charge in [0.25, 0.3) is 0 Å². The Morgan fingerprint density at radius 3 is 2.69 bits per heavy atom. The lowest BCUT2D eigenvalue weighted by molar-refractivity contribution is -0.171. The Morgan fingerprint density at radius 2 is 1.97 bits per heavy atom. The Morgan fingerprint density at radius 1 is 1.21 bits per heavy atom. The van der Waals surface area contributed by atoms with E-state index >= 15 is 0 Å². The SMILES string of the molecule is COC(=O)CC[C@H](C)[C@@H]1CC[C@H]2[C@@H]3CC[C@@H]4CC(=O)CC[C@]4(C)[C@H]3C[C@H](O)[C@]21C. The van der Waals surface area contributed by atoms with Gasteiger partial charge in [-0.05, 0) is 91.3 Å². The molecule has 0 heterocycles. The van der Waals surface area contributed by atoms with Crippen molar-refractivity contribution in [3.63, 3.8) is 0 Å². The van der Waals surface area contributed by atoms with Gasteiger partial charge in [0.1, 0.15) is 5.78 Å². The zero-order valence-corrected chi connectivity index (χ0v) is 18.8. The highest BCUT2D eigenvalue weighted by Gasteiger charge is 2.63. The van der Waals surface area contributed by atoms with Crippen molar-refractivity contribution >= 4 is 11.8 Å². The molecule has 4 fully saturated rings. The highest BCUT2D eigenvalue weighted by atomic mass is 16.5. The van der Waals surface area contributed by atoms with Crippen LogP contribution in [0.25, 0.3) is 0 Å². The van der Waals surface area contributed by atoms with E-state index in [1.54, 1.807) is 0 Å². The minimum atomic E-state index is -0.268. The molecule has 164 valence electrons. The number of esters is 1. The number of hydrogen-bond acceptors (Lipinski definition) is 4. The number of ether oxygens (including phenoxy) is 1. The van der Waals surface area contributed by atoms with Gasteiger partial charge < -0.3 is 9.84 Å². The number of hydrogen-bond donors (Lipinski definition) is 1. The number of carbonyl (C=O) groups excluding carboxylic acids is 2. The molecule has 4 saturated carbocycles. The van der Waals surface area contributed by atoms with Gasteiger partial charge in [-0.25, -0.2) is 0 Å². The third kappa shape index (κ3) is 3.28. The molecule has 0 aromatic rings. The number of aliphatic hydroxyl groups excluding tert-OH is 1. The number of rotatable bonds is 4. The minimum Gasteiger partial charge on any atom is -0.469 e. The molecule has 0 unspecified atom stereocenters. The minimum absolute atomic E-state index is 0.0373. The van der Waals surface area contributed by atoms with Crippen LogP contribution < -0.4 is 0 Å². The first-order chi connectivity index (χ1) is 13.7. The third-order valence-corrected chi connectivity index (χ3v) is 10.4. The first-order valence-corrected chi connectivity index (χ1v) is 12.0. The molecule has 0 bridgehead atoms. The van der Waals surface area contributed by atoms with Crippen LogP contribution >= 0.6 is 0 Å². The fraction of sp³-hybridized carbons (Fsp3) is 0.920. The molecule has 0 saturated heterocycles. The average Bonchev–Trinajstić information content (AvgIpc) is 3.06. The van der Waals surface area contributed by atoms with Gasteiger partial charge in [0, 0.05) is 19.3 Å². The summed E-state index contributed by atoms with van der Waals surface area (Å²) in [7, 11) is 1.46. The normalized spacial score (nSPS) is 47.7. The largest absolute Gasteiger partial charge is 0.469 e. The maximum atomic E-state index is 12.1. The van der Waals surface area contributed by atoms with Crippen LogP contribution in [0.1, 0.15) is 85.0 Å². The van der Waals surface area contributed by atoms with Crippen molar-refractivity contribution in [3.05, 3.63) is 0 Å². The second kappa shape index (κ2) is 7.66. The molecule has 4 rings (SSSR count). The Labute approximate surface area is 176 Å². The maximum Gasteiger partial charge on any atom is 0.305 e. The smallest absolute Gasteiger partial charge is 0.305 e. The lowest BCUT2D eigenvalue weighted by Gasteiger charge is -2.62. The second-order valence-corrected chi connectivity index (χ2v) is 11.3. The summed E-state index contributed by atoms with van der Waals surface area (Å²) in [6.45, 7) is 7.05. The molecule has 0 aliphatic heterocycles. The summed E-state index contributed by atoms with van der Waals surface area (Å²) < 4.78 is 4.84. The van der Waals surface area contributed by atoms with Crippen molar-refractivity contribution in [2.75, 3.05) is 7.11 Å². The van der Waals surface area contributed by atoms with Gasteiger partial charge >= 0.3 is 5.97 Å². The van der Waals surface area contributed by atoms with Crippen molar-refractivity contribution < 1.29 is 19.4 Å². The van der Waals surface area contributed by atoms with Crippen LogP contribution in [0.4, 0.5) is 0 Å². The van der Waals surface area contributed by atoms with Crippen LogP contribution in [0.5, 0.6) is 0 Å². The van der Waals surface area contributed by atoms with Gasteiger partial charge in [-0.3, -0.25) is 9.59 Å².